The monoisotopic (exact) mass is 231 g/mol. The van der Waals surface area contributed by atoms with Crippen molar-refractivity contribution in [3.8, 4) is 17.2 Å². The van der Waals surface area contributed by atoms with E-state index < -0.39 is 11.6 Å². The number of hydrogen-bond donors (Lipinski definition) is 1. The van der Waals surface area contributed by atoms with Gasteiger partial charge in [-0.1, -0.05) is 0 Å². The molecule has 84 valence electrons. The Morgan fingerprint density at radius 3 is 2.59 bits per heavy atom. The fourth-order valence-corrected chi connectivity index (χ4v) is 1.43. The Balaban J connectivity index is 2.61. The normalized spacial score (nSPS) is 9.94. The van der Waals surface area contributed by atoms with Gasteiger partial charge in [0, 0.05) is 29.6 Å². The molecule has 0 aliphatic rings. The summed E-state index contributed by atoms with van der Waals surface area (Å²) in [6, 6.07) is 5.21. The van der Waals surface area contributed by atoms with Gasteiger partial charge in [-0.2, -0.15) is 5.26 Å². The van der Waals surface area contributed by atoms with E-state index in [2.05, 4.69) is 4.98 Å². The first-order valence-electron chi connectivity index (χ1n) is 4.72. The zero-order chi connectivity index (χ0) is 12.4. The molecule has 0 atom stereocenters. The molecule has 5 heteroatoms. The van der Waals surface area contributed by atoms with Crippen molar-refractivity contribution in [3.05, 3.63) is 47.8 Å². The summed E-state index contributed by atoms with van der Waals surface area (Å²) in [6.45, 7) is 0. The Kier molecular flexibility index (Phi) is 2.71. The highest BCUT2D eigenvalue weighted by atomic mass is 19.1. The standard InChI is InChI=1S/C12H7F2N3/c13-10-3-12(16)11(14)2-9(10)8-1-7(4-15)5-17-6-8/h1-3,5-6H,16H2. The predicted molar refractivity (Wildman–Crippen MR) is 58.7 cm³/mol. The summed E-state index contributed by atoms with van der Waals surface area (Å²) in [7, 11) is 0. The molecule has 1 aromatic heterocycles. The van der Waals surface area contributed by atoms with Crippen LogP contribution in [-0.4, -0.2) is 4.98 Å². The largest absolute Gasteiger partial charge is 0.396 e. The number of anilines is 1. The molecule has 2 N–H and O–H groups in total. The highest BCUT2D eigenvalue weighted by Gasteiger charge is 2.10. The number of aromatic nitrogens is 1. The van der Waals surface area contributed by atoms with E-state index in [0.717, 1.165) is 12.1 Å². The maximum Gasteiger partial charge on any atom is 0.146 e. The minimum Gasteiger partial charge on any atom is -0.396 e. The van der Waals surface area contributed by atoms with Gasteiger partial charge in [0.1, 0.15) is 17.7 Å². The number of nitrogens with two attached hydrogens (primary N) is 1. The van der Waals surface area contributed by atoms with Crippen molar-refractivity contribution in [3.63, 3.8) is 0 Å². The van der Waals surface area contributed by atoms with Crippen molar-refractivity contribution >= 4 is 5.69 Å². The van der Waals surface area contributed by atoms with E-state index in [1.54, 1.807) is 0 Å². The lowest BCUT2D eigenvalue weighted by atomic mass is 10.0. The maximum atomic E-state index is 13.6. The quantitative estimate of drug-likeness (QED) is 0.767. The molecule has 1 aromatic carbocycles. The fraction of sp³-hybridized carbons (Fsp3) is 0. The molecule has 0 unspecified atom stereocenters. The van der Waals surface area contributed by atoms with E-state index in [4.69, 9.17) is 11.0 Å². The lowest BCUT2D eigenvalue weighted by Crippen LogP contribution is -1.95. The molecule has 0 saturated heterocycles. The van der Waals surface area contributed by atoms with Crippen LogP contribution in [0.25, 0.3) is 11.1 Å². The highest BCUT2D eigenvalue weighted by molar-refractivity contribution is 5.67. The van der Waals surface area contributed by atoms with Crippen molar-refractivity contribution in [1.29, 1.82) is 5.26 Å². The van der Waals surface area contributed by atoms with Crippen molar-refractivity contribution in [1.82, 2.24) is 4.98 Å². The molecular weight excluding hydrogens is 224 g/mol. The van der Waals surface area contributed by atoms with Gasteiger partial charge in [0.2, 0.25) is 0 Å². The van der Waals surface area contributed by atoms with Crippen molar-refractivity contribution < 1.29 is 8.78 Å². The Bertz CT molecular complexity index is 618. The molecule has 2 aromatic rings. The molecule has 0 fully saturated rings. The Morgan fingerprint density at radius 2 is 1.88 bits per heavy atom. The average molecular weight is 231 g/mol. The SMILES string of the molecule is N#Cc1cncc(-c2cc(F)c(N)cc2F)c1. The molecule has 0 aliphatic heterocycles. The number of nitriles is 1. The van der Waals surface area contributed by atoms with Gasteiger partial charge in [0.05, 0.1) is 11.3 Å². The van der Waals surface area contributed by atoms with Crippen LogP contribution in [0, 0.1) is 23.0 Å². The molecule has 0 amide bonds. The average Bonchev–Trinajstić information content (AvgIpc) is 2.34. The number of nitrogens with zero attached hydrogens (tertiary/aromatic N) is 2. The number of rotatable bonds is 1. The third-order valence-corrected chi connectivity index (χ3v) is 2.26. The molecule has 0 bridgehead atoms. The summed E-state index contributed by atoms with van der Waals surface area (Å²) in [5, 5.41) is 8.70. The van der Waals surface area contributed by atoms with Crippen LogP contribution >= 0.6 is 0 Å². The second kappa shape index (κ2) is 4.18. The molecule has 17 heavy (non-hydrogen) atoms. The topological polar surface area (TPSA) is 62.7 Å². The van der Waals surface area contributed by atoms with Gasteiger partial charge in [0.15, 0.2) is 0 Å². The molecule has 0 spiro atoms. The zero-order valence-corrected chi connectivity index (χ0v) is 8.61. The second-order valence-corrected chi connectivity index (χ2v) is 3.43. The van der Waals surface area contributed by atoms with Gasteiger partial charge in [-0.15, -0.1) is 0 Å². The minimum absolute atomic E-state index is 0.0290. The van der Waals surface area contributed by atoms with Gasteiger partial charge < -0.3 is 5.73 Å². The summed E-state index contributed by atoms with van der Waals surface area (Å²) in [4.78, 5) is 3.78. The molecule has 0 aliphatic carbocycles. The van der Waals surface area contributed by atoms with Crippen LogP contribution in [0.4, 0.5) is 14.5 Å². The van der Waals surface area contributed by atoms with Crippen molar-refractivity contribution in [2.75, 3.05) is 5.73 Å². The smallest absolute Gasteiger partial charge is 0.146 e. The molecular formula is C12H7F2N3. The number of pyridine rings is 1. The molecule has 3 nitrogen and oxygen atoms in total. The van der Waals surface area contributed by atoms with E-state index >= 15 is 0 Å². The van der Waals surface area contributed by atoms with E-state index in [9.17, 15) is 8.78 Å². The molecule has 2 rings (SSSR count). The number of halogens is 2. The molecule has 1 heterocycles. The van der Waals surface area contributed by atoms with Crippen LogP contribution in [0.5, 0.6) is 0 Å². The number of hydrogen-bond acceptors (Lipinski definition) is 3. The van der Waals surface area contributed by atoms with Crippen LogP contribution in [0.1, 0.15) is 5.56 Å². The van der Waals surface area contributed by atoms with Gasteiger partial charge >= 0.3 is 0 Å². The lowest BCUT2D eigenvalue weighted by Gasteiger charge is -2.05. The number of nitrogen functional groups attached to an aromatic ring is 1. The van der Waals surface area contributed by atoms with Crippen LogP contribution in [0.2, 0.25) is 0 Å². The first-order valence-corrected chi connectivity index (χ1v) is 4.72. The van der Waals surface area contributed by atoms with E-state index in [-0.39, 0.29) is 16.8 Å². The zero-order valence-electron chi connectivity index (χ0n) is 8.61. The lowest BCUT2D eigenvalue weighted by molar-refractivity contribution is 0.607. The second-order valence-electron chi connectivity index (χ2n) is 3.43. The van der Waals surface area contributed by atoms with Gasteiger partial charge in [-0.05, 0) is 12.1 Å². The first kappa shape index (κ1) is 11.0. The third kappa shape index (κ3) is 2.06. The highest BCUT2D eigenvalue weighted by Crippen LogP contribution is 2.26. The number of benzene rings is 1. The van der Waals surface area contributed by atoms with Gasteiger partial charge in [-0.3, -0.25) is 4.98 Å². The van der Waals surface area contributed by atoms with Gasteiger partial charge in [0.25, 0.3) is 0 Å². The predicted octanol–water partition coefficient (Wildman–Crippen LogP) is 2.48. The fourth-order valence-electron chi connectivity index (χ4n) is 1.43. The van der Waals surface area contributed by atoms with E-state index in [1.165, 1.54) is 18.5 Å². The minimum atomic E-state index is -0.705. The van der Waals surface area contributed by atoms with Crippen LogP contribution < -0.4 is 5.73 Å². The Hall–Kier alpha value is -2.48. The summed E-state index contributed by atoms with van der Waals surface area (Å²) in [5.41, 5.74) is 5.63. The summed E-state index contributed by atoms with van der Waals surface area (Å²) < 4.78 is 26.8. The Morgan fingerprint density at radius 1 is 1.12 bits per heavy atom. The molecule has 0 saturated carbocycles. The van der Waals surface area contributed by atoms with Crippen molar-refractivity contribution in [2.45, 2.75) is 0 Å². The summed E-state index contributed by atoms with van der Waals surface area (Å²) in [6.07, 6.45) is 2.70. The van der Waals surface area contributed by atoms with Crippen LogP contribution in [-0.2, 0) is 0 Å². The van der Waals surface area contributed by atoms with E-state index in [0.29, 0.717) is 5.56 Å². The van der Waals surface area contributed by atoms with Crippen molar-refractivity contribution in [2.24, 2.45) is 0 Å². The summed E-state index contributed by atoms with van der Waals surface area (Å²) in [5.74, 6) is -1.36. The summed E-state index contributed by atoms with van der Waals surface area (Å²) >= 11 is 0. The van der Waals surface area contributed by atoms with Gasteiger partial charge in [-0.25, -0.2) is 8.78 Å². The maximum absolute atomic E-state index is 13.6. The van der Waals surface area contributed by atoms with E-state index in [1.807, 2.05) is 6.07 Å². The molecule has 0 radical (unpaired) electrons. The van der Waals surface area contributed by atoms with Crippen LogP contribution in [0.15, 0.2) is 30.6 Å². The third-order valence-electron chi connectivity index (χ3n) is 2.26. The Labute approximate surface area is 96.1 Å². The first-order chi connectivity index (χ1) is 8.11. The van der Waals surface area contributed by atoms with Crippen LogP contribution in [0.3, 0.4) is 0 Å².